The van der Waals surface area contributed by atoms with Crippen molar-refractivity contribution >= 4 is 38.9 Å². The number of sulfonamides is 1. The Morgan fingerprint density at radius 1 is 1.39 bits per heavy atom. The minimum Gasteiger partial charge on any atom is -0.399 e. The molecule has 18 heavy (non-hydrogen) atoms. The van der Waals surface area contributed by atoms with Crippen molar-refractivity contribution in [3.05, 3.63) is 22.2 Å². The maximum atomic E-state index is 12.2. The van der Waals surface area contributed by atoms with E-state index in [-0.39, 0.29) is 33.6 Å². The summed E-state index contributed by atoms with van der Waals surface area (Å²) in [5.74, 6) is 0. The van der Waals surface area contributed by atoms with Gasteiger partial charge in [0.05, 0.1) is 16.1 Å². The highest BCUT2D eigenvalue weighted by atomic mass is 35.5. The summed E-state index contributed by atoms with van der Waals surface area (Å²) in [5.41, 5.74) is 5.79. The van der Waals surface area contributed by atoms with Crippen molar-refractivity contribution in [1.29, 1.82) is 5.26 Å². The summed E-state index contributed by atoms with van der Waals surface area (Å²) in [7, 11) is -2.47. The lowest BCUT2D eigenvalue weighted by Gasteiger charge is -2.17. The number of hydrogen-bond acceptors (Lipinski definition) is 4. The van der Waals surface area contributed by atoms with Gasteiger partial charge in [-0.15, -0.1) is 0 Å². The van der Waals surface area contributed by atoms with Gasteiger partial charge in [-0.1, -0.05) is 23.2 Å². The van der Waals surface area contributed by atoms with Crippen LogP contribution in [0.5, 0.6) is 0 Å². The number of hydrogen-bond donors (Lipinski definition) is 1. The van der Waals surface area contributed by atoms with E-state index in [1.54, 1.807) is 0 Å². The molecule has 0 saturated heterocycles. The van der Waals surface area contributed by atoms with Gasteiger partial charge in [0.15, 0.2) is 0 Å². The standard InChI is InChI=1S/C10H11Cl2N3O2S/c1-15(4-2-3-13)18(16,17)10-8(11)5-7(14)6-9(10)12/h5-6H,2,4,14H2,1H3. The van der Waals surface area contributed by atoms with Gasteiger partial charge >= 0.3 is 0 Å². The molecule has 0 unspecified atom stereocenters. The van der Waals surface area contributed by atoms with E-state index in [9.17, 15) is 8.42 Å². The van der Waals surface area contributed by atoms with E-state index in [0.29, 0.717) is 0 Å². The third kappa shape index (κ3) is 3.06. The van der Waals surface area contributed by atoms with Gasteiger partial charge in [-0.3, -0.25) is 0 Å². The van der Waals surface area contributed by atoms with Crippen LogP contribution in [0, 0.1) is 11.3 Å². The summed E-state index contributed by atoms with van der Waals surface area (Å²) in [6.07, 6.45) is 0.0833. The molecule has 0 aliphatic rings. The number of anilines is 1. The van der Waals surface area contributed by atoms with Crippen LogP contribution in [-0.4, -0.2) is 26.3 Å². The van der Waals surface area contributed by atoms with Crippen molar-refractivity contribution < 1.29 is 8.42 Å². The fourth-order valence-corrected chi connectivity index (χ4v) is 3.65. The number of nitrogens with zero attached hydrogens (tertiary/aromatic N) is 2. The SMILES string of the molecule is CN(CCC#N)S(=O)(=O)c1c(Cl)cc(N)cc1Cl. The largest absolute Gasteiger partial charge is 0.399 e. The summed E-state index contributed by atoms with van der Waals surface area (Å²) in [6, 6.07) is 4.50. The summed E-state index contributed by atoms with van der Waals surface area (Å²) in [6.45, 7) is 0.0653. The minimum atomic E-state index is -3.83. The number of benzene rings is 1. The third-order valence-electron chi connectivity index (χ3n) is 2.23. The summed E-state index contributed by atoms with van der Waals surface area (Å²) in [4.78, 5) is -0.194. The van der Waals surface area contributed by atoms with E-state index >= 15 is 0 Å². The number of nitrogens with two attached hydrogens (primary N) is 1. The summed E-state index contributed by atoms with van der Waals surface area (Å²) in [5, 5.41) is 8.38. The van der Waals surface area contributed by atoms with Crippen molar-refractivity contribution in [2.75, 3.05) is 19.3 Å². The van der Waals surface area contributed by atoms with Crippen molar-refractivity contribution in [2.24, 2.45) is 0 Å². The molecule has 0 amide bonds. The Bertz CT molecular complexity index is 573. The molecule has 0 aliphatic heterocycles. The van der Waals surface area contributed by atoms with Gasteiger partial charge in [-0.25, -0.2) is 8.42 Å². The number of nitrogen functional groups attached to an aromatic ring is 1. The van der Waals surface area contributed by atoms with Gasteiger partial charge in [-0.05, 0) is 12.1 Å². The zero-order valence-corrected chi connectivity index (χ0v) is 11.8. The normalized spacial score (nSPS) is 11.5. The Balaban J connectivity index is 3.26. The molecule has 98 valence electrons. The van der Waals surface area contributed by atoms with Gasteiger partial charge in [0, 0.05) is 25.7 Å². The molecule has 0 radical (unpaired) electrons. The first-order valence-corrected chi connectivity index (χ1v) is 7.08. The second kappa shape index (κ2) is 5.76. The van der Waals surface area contributed by atoms with E-state index < -0.39 is 10.0 Å². The van der Waals surface area contributed by atoms with Gasteiger partial charge < -0.3 is 5.73 Å². The predicted octanol–water partition coefficient (Wildman–Crippen LogP) is 2.11. The molecule has 0 spiro atoms. The van der Waals surface area contributed by atoms with Gasteiger partial charge in [0.2, 0.25) is 10.0 Å². The van der Waals surface area contributed by atoms with Crippen molar-refractivity contribution in [3.8, 4) is 6.07 Å². The molecule has 1 aromatic rings. The lowest BCUT2D eigenvalue weighted by Crippen LogP contribution is -2.28. The molecule has 0 atom stereocenters. The quantitative estimate of drug-likeness (QED) is 0.863. The van der Waals surface area contributed by atoms with Gasteiger partial charge in [0.25, 0.3) is 0 Å². The molecular weight excluding hydrogens is 297 g/mol. The molecule has 0 aromatic heterocycles. The Morgan fingerprint density at radius 3 is 2.33 bits per heavy atom. The van der Waals surface area contributed by atoms with Crippen molar-refractivity contribution in [3.63, 3.8) is 0 Å². The monoisotopic (exact) mass is 307 g/mol. The average Bonchev–Trinajstić information content (AvgIpc) is 2.23. The number of rotatable bonds is 4. The first-order chi connectivity index (χ1) is 8.30. The van der Waals surface area contributed by atoms with Crippen LogP contribution >= 0.6 is 23.2 Å². The zero-order valence-electron chi connectivity index (χ0n) is 9.52. The van der Waals surface area contributed by atoms with Crippen molar-refractivity contribution in [1.82, 2.24) is 4.31 Å². The van der Waals surface area contributed by atoms with E-state index in [1.165, 1.54) is 19.2 Å². The highest BCUT2D eigenvalue weighted by Crippen LogP contribution is 2.33. The molecule has 0 fully saturated rings. The van der Waals surface area contributed by atoms with Crippen molar-refractivity contribution in [2.45, 2.75) is 11.3 Å². The Kier molecular flexibility index (Phi) is 4.82. The van der Waals surface area contributed by atoms with Crippen LogP contribution in [0.15, 0.2) is 17.0 Å². The van der Waals surface area contributed by atoms with E-state index in [4.69, 9.17) is 34.2 Å². The fraction of sp³-hybridized carbons (Fsp3) is 0.300. The maximum absolute atomic E-state index is 12.2. The van der Waals surface area contributed by atoms with E-state index in [2.05, 4.69) is 0 Å². The topological polar surface area (TPSA) is 87.2 Å². The molecule has 0 saturated carbocycles. The Hall–Kier alpha value is -1.00. The van der Waals surface area contributed by atoms with Crippen LogP contribution in [0.4, 0.5) is 5.69 Å². The zero-order chi connectivity index (χ0) is 13.9. The first kappa shape index (κ1) is 15.1. The minimum absolute atomic E-state index is 0.0381. The van der Waals surface area contributed by atoms with Crippen LogP contribution in [0.3, 0.4) is 0 Å². The fourth-order valence-electron chi connectivity index (χ4n) is 1.31. The average molecular weight is 308 g/mol. The van der Waals surface area contributed by atoms with E-state index in [0.717, 1.165) is 4.31 Å². The van der Waals surface area contributed by atoms with Crippen LogP contribution in [-0.2, 0) is 10.0 Å². The molecule has 0 bridgehead atoms. The molecule has 1 aromatic carbocycles. The molecule has 0 aliphatic carbocycles. The van der Waals surface area contributed by atoms with Crippen LogP contribution in [0.25, 0.3) is 0 Å². The predicted molar refractivity (Wildman–Crippen MR) is 70.9 cm³/mol. The maximum Gasteiger partial charge on any atom is 0.245 e. The van der Waals surface area contributed by atoms with E-state index in [1.807, 2.05) is 6.07 Å². The molecule has 1 rings (SSSR count). The number of nitriles is 1. The smallest absolute Gasteiger partial charge is 0.245 e. The molecule has 0 heterocycles. The molecule has 8 heteroatoms. The number of halogens is 2. The first-order valence-electron chi connectivity index (χ1n) is 4.88. The van der Waals surface area contributed by atoms with Gasteiger partial charge in [0.1, 0.15) is 4.90 Å². The Morgan fingerprint density at radius 2 is 1.89 bits per heavy atom. The third-order valence-corrected chi connectivity index (χ3v) is 5.01. The van der Waals surface area contributed by atoms with Crippen LogP contribution < -0.4 is 5.73 Å². The lowest BCUT2D eigenvalue weighted by atomic mass is 10.3. The second-order valence-electron chi connectivity index (χ2n) is 3.55. The highest BCUT2D eigenvalue weighted by Gasteiger charge is 2.26. The van der Waals surface area contributed by atoms with Crippen LogP contribution in [0.1, 0.15) is 6.42 Å². The summed E-state index contributed by atoms with van der Waals surface area (Å²) >= 11 is 11.7. The lowest BCUT2D eigenvalue weighted by molar-refractivity contribution is 0.476. The van der Waals surface area contributed by atoms with Crippen LogP contribution in [0.2, 0.25) is 10.0 Å². The van der Waals surface area contributed by atoms with Gasteiger partial charge in [-0.2, -0.15) is 9.57 Å². The molecule has 2 N–H and O–H groups in total. The Labute approximate surface area is 116 Å². The highest BCUT2D eigenvalue weighted by molar-refractivity contribution is 7.89. The second-order valence-corrected chi connectivity index (χ2v) is 6.34. The molecule has 5 nitrogen and oxygen atoms in total. The molecular formula is C10H11Cl2N3O2S. The summed E-state index contributed by atoms with van der Waals surface area (Å²) < 4.78 is 25.4.